The number of alkyl halides is 6. The van der Waals surface area contributed by atoms with Gasteiger partial charge < -0.3 is 0 Å². The number of hydrogen-bond donors (Lipinski definition) is 0. The molecule has 4 fully saturated rings. The van der Waals surface area contributed by atoms with Crippen LogP contribution in [0.3, 0.4) is 0 Å². The summed E-state index contributed by atoms with van der Waals surface area (Å²) in [5.41, 5.74) is 0. The summed E-state index contributed by atoms with van der Waals surface area (Å²) in [6, 6.07) is -2.71. The van der Waals surface area contributed by atoms with Crippen LogP contribution in [0.15, 0.2) is 0 Å². The minimum atomic E-state index is -1.36. The Kier molecular flexibility index (Phi) is 21.8. The van der Waals surface area contributed by atoms with Gasteiger partial charge in [-0.2, -0.15) is 0 Å². The average molecular weight is 988 g/mol. The molecular formula is C42H82Cl6P4S2. The summed E-state index contributed by atoms with van der Waals surface area (Å²) in [7, 11) is -0.189. The molecule has 0 aromatic heterocycles. The molecule has 2 aliphatic heterocycles. The third-order valence-electron chi connectivity index (χ3n) is 12.3. The van der Waals surface area contributed by atoms with E-state index in [1.54, 1.807) is 0 Å². The maximum absolute atomic E-state index is 6.68. The highest BCUT2D eigenvalue weighted by molar-refractivity contribution is 8.19. The van der Waals surface area contributed by atoms with Crippen molar-refractivity contribution in [1.29, 1.82) is 0 Å². The van der Waals surface area contributed by atoms with Crippen LogP contribution < -0.4 is 0 Å². The van der Waals surface area contributed by atoms with Gasteiger partial charge in [0, 0.05) is 10.8 Å². The summed E-state index contributed by atoms with van der Waals surface area (Å²) in [4.78, 5) is 0. The Morgan fingerprint density at radius 3 is 0.815 bits per heavy atom. The number of fused-ring (bicyclic) bond motifs is 2. The van der Waals surface area contributed by atoms with E-state index >= 15 is 0 Å². The Hall–Kier alpha value is 3.90. The fourth-order valence-corrected chi connectivity index (χ4v) is 40.7. The predicted octanol–water partition coefficient (Wildman–Crippen LogP) is 19.0. The zero-order valence-corrected chi connectivity index (χ0v) is 47.3. The molecule has 0 nitrogen and oxygen atoms in total. The standard InChI is InChI=1S/2C20H40P2S.2CHCl3/c2*1-18(2,3)21(19(4,5)6)17-16-13-11-10-12-15(16)14-22(17,23)20(7,8)9;2*2-1(3)4/h2*15-17H,10-14H2,1-9H3;2*1H/t2*15-,16+,17+,22+;;/m11../s1. The first-order chi connectivity index (χ1) is 23.9. The molecular weight excluding hydrogens is 905 g/mol. The number of halogens is 6. The summed E-state index contributed by atoms with van der Waals surface area (Å²) < 4.78 is -1.50. The van der Waals surface area contributed by atoms with E-state index in [1.807, 2.05) is 0 Å². The van der Waals surface area contributed by atoms with Crippen molar-refractivity contribution in [3.05, 3.63) is 0 Å². The fraction of sp³-hybridized carbons (Fsp3) is 1.00. The van der Waals surface area contributed by atoms with Crippen molar-refractivity contribution in [1.82, 2.24) is 0 Å². The second-order valence-electron chi connectivity index (χ2n) is 22.5. The van der Waals surface area contributed by atoms with Gasteiger partial charge in [-0.1, -0.05) is 259 Å². The third kappa shape index (κ3) is 15.0. The van der Waals surface area contributed by atoms with Gasteiger partial charge in [0.15, 0.2) is 8.59 Å². The summed E-state index contributed by atoms with van der Waals surface area (Å²) in [6.07, 6.45) is 14.5. The van der Waals surface area contributed by atoms with E-state index in [9.17, 15) is 0 Å². The normalized spacial score (nSPS) is 32.3. The molecule has 324 valence electrons. The topological polar surface area (TPSA) is 0 Å². The van der Waals surface area contributed by atoms with Gasteiger partial charge in [0.25, 0.3) is 0 Å². The van der Waals surface area contributed by atoms with Gasteiger partial charge in [0.2, 0.25) is 0 Å². The lowest BCUT2D eigenvalue weighted by molar-refractivity contribution is 0.289. The van der Waals surface area contributed by atoms with Crippen LogP contribution in [-0.4, -0.2) is 62.7 Å². The molecule has 0 radical (unpaired) electrons. The van der Waals surface area contributed by atoms with Crippen molar-refractivity contribution in [3.63, 3.8) is 0 Å². The molecule has 0 aromatic rings. The molecule has 54 heavy (non-hydrogen) atoms. The van der Waals surface area contributed by atoms with Crippen LogP contribution >= 0.6 is 97.5 Å². The van der Waals surface area contributed by atoms with Crippen LogP contribution in [0.2, 0.25) is 0 Å². The van der Waals surface area contributed by atoms with Crippen molar-refractivity contribution in [2.45, 2.75) is 226 Å². The second kappa shape index (κ2) is 21.1. The van der Waals surface area contributed by atoms with Crippen molar-refractivity contribution in [3.8, 4) is 0 Å². The van der Waals surface area contributed by atoms with Crippen LogP contribution in [0, 0.1) is 23.7 Å². The monoisotopic (exact) mass is 984 g/mol. The first kappa shape index (κ1) is 55.9. The molecule has 4 rings (SSSR count). The Labute approximate surface area is 380 Å². The molecule has 4 aliphatic rings. The molecule has 12 heteroatoms. The molecule has 0 spiro atoms. The molecule has 2 saturated heterocycles. The minimum Gasteiger partial charge on any atom is -0.0963 e. The third-order valence-corrected chi connectivity index (χ3v) is 39.1. The average Bonchev–Trinajstić information content (AvgIpc) is 3.37. The minimum absolute atomic E-state index is 0.0945. The van der Waals surface area contributed by atoms with Crippen molar-refractivity contribution < 1.29 is 0 Å². The van der Waals surface area contributed by atoms with E-state index in [-0.39, 0.29) is 15.8 Å². The zero-order chi connectivity index (χ0) is 42.8. The summed E-state index contributed by atoms with van der Waals surface area (Å²) >= 11 is 42.2. The van der Waals surface area contributed by atoms with E-state index in [2.05, 4.69) is 125 Å². The van der Waals surface area contributed by atoms with Crippen molar-refractivity contribution in [2.24, 2.45) is 23.7 Å². The van der Waals surface area contributed by atoms with Crippen LogP contribution in [-0.2, 0) is 23.6 Å². The molecule has 0 N–H and O–H groups in total. The van der Waals surface area contributed by atoms with Gasteiger partial charge in [-0.05, 0) is 105 Å². The molecule has 0 aromatic carbocycles. The van der Waals surface area contributed by atoms with Crippen LogP contribution in [0.1, 0.15) is 176 Å². The zero-order valence-electron chi connectivity index (χ0n) is 37.6. The Balaban J connectivity index is 0.000000450. The van der Waals surface area contributed by atoms with Crippen LogP contribution in [0.4, 0.5) is 0 Å². The maximum Gasteiger partial charge on any atom is 0.180 e. The predicted molar refractivity (Wildman–Crippen MR) is 272 cm³/mol. The molecule has 2 saturated carbocycles. The molecule has 2 aliphatic carbocycles. The van der Waals surface area contributed by atoms with Gasteiger partial charge in [0.1, 0.15) is 0 Å². The highest BCUT2D eigenvalue weighted by atomic mass is 35.6. The van der Waals surface area contributed by atoms with Crippen LogP contribution in [0.5, 0.6) is 0 Å². The molecule has 0 bridgehead atoms. The summed E-state index contributed by atoms with van der Waals surface area (Å²) in [6.45, 7) is 44.8. The lowest BCUT2D eigenvalue weighted by atomic mass is 9.82. The molecule has 8 atom stereocenters. The second-order valence-corrected chi connectivity index (χ2v) is 46.8. The van der Waals surface area contributed by atoms with Crippen LogP contribution in [0.25, 0.3) is 0 Å². The van der Waals surface area contributed by atoms with E-state index in [0.717, 1.165) is 34.5 Å². The maximum atomic E-state index is 6.68. The molecule has 0 amide bonds. The Morgan fingerprint density at radius 2 is 0.630 bits per heavy atom. The first-order valence-electron chi connectivity index (χ1n) is 20.5. The lowest BCUT2D eigenvalue weighted by Gasteiger charge is -2.53. The smallest absolute Gasteiger partial charge is 0.0963 e. The van der Waals surface area contributed by atoms with Gasteiger partial charge in [-0.25, -0.2) is 0 Å². The number of hydrogen-bond acceptors (Lipinski definition) is 2. The van der Waals surface area contributed by atoms with Gasteiger partial charge in [0.05, 0.1) is 0 Å². The lowest BCUT2D eigenvalue weighted by Crippen LogP contribution is -2.36. The van der Waals surface area contributed by atoms with Gasteiger partial charge >= 0.3 is 0 Å². The highest BCUT2D eigenvalue weighted by Gasteiger charge is 2.60. The SMILES string of the molecule is CC(C)(C)P([C@@H]1[C@H]2CCCC[C@@H]2C[P@@]1(=S)C(C)(C)C)C(C)(C)C.CC(C)(C)P([C@@H]1[C@H]2CCCC[C@@H]2C[P@@]1(=S)C(C)(C)C)C(C)(C)C.ClC(Cl)Cl.ClC(Cl)Cl. The summed E-state index contributed by atoms with van der Waals surface area (Å²) in [5, 5.41) is 4.00. The molecule has 0 unspecified atom stereocenters. The Bertz CT molecular complexity index is 1120. The van der Waals surface area contributed by atoms with E-state index in [0.29, 0.717) is 30.9 Å². The van der Waals surface area contributed by atoms with Crippen molar-refractivity contribution in [2.75, 3.05) is 12.3 Å². The highest BCUT2D eigenvalue weighted by Crippen LogP contribution is 2.85. The fourth-order valence-electron chi connectivity index (χ4n) is 10.9. The van der Waals surface area contributed by atoms with E-state index in [4.69, 9.17) is 93.2 Å². The Morgan fingerprint density at radius 1 is 0.426 bits per heavy atom. The van der Waals surface area contributed by atoms with Gasteiger partial charge in [-0.3, -0.25) is 0 Å². The quantitative estimate of drug-likeness (QED) is 0.200. The number of rotatable bonds is 2. The summed E-state index contributed by atoms with van der Waals surface area (Å²) in [5.74, 6) is 3.79. The first-order valence-corrected chi connectivity index (χ1v) is 32.0. The van der Waals surface area contributed by atoms with E-state index in [1.165, 1.54) is 63.7 Å². The molecule has 2 heterocycles. The largest absolute Gasteiger partial charge is 0.180 e. The van der Waals surface area contributed by atoms with E-state index < -0.39 is 20.7 Å². The van der Waals surface area contributed by atoms with Gasteiger partial charge in [-0.15, -0.1) is 0 Å². The van der Waals surface area contributed by atoms with Crippen molar-refractivity contribution >= 4 is 121 Å².